The fourth-order valence-electron chi connectivity index (χ4n) is 2.09. The number of hydrogen-bond donors (Lipinski definition) is 1. The van der Waals surface area contributed by atoms with Gasteiger partial charge in [-0.2, -0.15) is 5.26 Å². The van der Waals surface area contributed by atoms with Gasteiger partial charge < -0.3 is 5.32 Å². The number of amides is 1. The number of nitrogens with one attached hydrogen (secondary N) is 1. The molecule has 104 valence electrons. The maximum atomic E-state index is 12.4. The second-order valence-corrected chi connectivity index (χ2v) is 6.09. The van der Waals surface area contributed by atoms with Crippen LogP contribution in [0.1, 0.15) is 51.5 Å². The standard InChI is InChI=1S/C15H22N2OS/c1-5-15(6-2,10-16)14(18)17-13(11(3)4)12-8-7-9-19-12/h7-9,11,13H,5-6H2,1-4H3,(H,17,18). The maximum absolute atomic E-state index is 12.4. The largest absolute Gasteiger partial charge is 0.347 e. The van der Waals surface area contributed by atoms with Crippen LogP contribution in [0.5, 0.6) is 0 Å². The zero-order valence-electron chi connectivity index (χ0n) is 12.1. The Kier molecular flexibility index (Phi) is 5.56. The molecule has 0 fully saturated rings. The monoisotopic (exact) mass is 278 g/mol. The quantitative estimate of drug-likeness (QED) is 0.858. The van der Waals surface area contributed by atoms with Gasteiger partial charge in [0.05, 0.1) is 12.1 Å². The summed E-state index contributed by atoms with van der Waals surface area (Å²) in [5.74, 6) is 0.153. The third-order valence-electron chi connectivity index (χ3n) is 3.66. The first-order valence-corrected chi connectivity index (χ1v) is 7.64. The van der Waals surface area contributed by atoms with Crippen molar-refractivity contribution in [2.75, 3.05) is 0 Å². The van der Waals surface area contributed by atoms with Gasteiger partial charge in [0.25, 0.3) is 0 Å². The molecule has 0 spiro atoms. The first-order valence-electron chi connectivity index (χ1n) is 6.76. The summed E-state index contributed by atoms with van der Waals surface area (Å²) in [6.45, 7) is 7.94. The first-order chi connectivity index (χ1) is 9.00. The van der Waals surface area contributed by atoms with Crippen LogP contribution in [0.15, 0.2) is 17.5 Å². The third kappa shape index (κ3) is 3.36. The topological polar surface area (TPSA) is 52.9 Å². The van der Waals surface area contributed by atoms with Gasteiger partial charge in [0.2, 0.25) is 5.91 Å². The molecule has 0 aliphatic heterocycles. The van der Waals surface area contributed by atoms with E-state index in [0.717, 1.165) is 4.88 Å². The lowest BCUT2D eigenvalue weighted by molar-refractivity contribution is -0.129. The lowest BCUT2D eigenvalue weighted by Crippen LogP contribution is -2.42. The van der Waals surface area contributed by atoms with Crippen LogP contribution in [-0.2, 0) is 4.79 Å². The predicted molar refractivity (Wildman–Crippen MR) is 78.7 cm³/mol. The van der Waals surface area contributed by atoms with Crippen molar-refractivity contribution in [1.82, 2.24) is 5.32 Å². The molecule has 4 heteroatoms. The van der Waals surface area contributed by atoms with Crippen molar-refractivity contribution in [3.63, 3.8) is 0 Å². The molecule has 0 bridgehead atoms. The molecule has 19 heavy (non-hydrogen) atoms. The van der Waals surface area contributed by atoms with Crippen molar-refractivity contribution in [1.29, 1.82) is 5.26 Å². The van der Waals surface area contributed by atoms with Crippen LogP contribution in [-0.4, -0.2) is 5.91 Å². The number of nitrogens with zero attached hydrogens (tertiary/aromatic N) is 1. The SMILES string of the molecule is CCC(C#N)(CC)C(=O)NC(c1cccs1)C(C)C. The van der Waals surface area contributed by atoms with Gasteiger partial charge in [-0.3, -0.25) is 4.79 Å². The Balaban J connectivity index is 2.92. The van der Waals surface area contributed by atoms with Gasteiger partial charge in [-0.05, 0) is 30.2 Å². The van der Waals surface area contributed by atoms with Crippen molar-refractivity contribution in [2.24, 2.45) is 11.3 Å². The zero-order valence-corrected chi connectivity index (χ0v) is 12.9. The Morgan fingerprint density at radius 2 is 2.11 bits per heavy atom. The molecule has 1 aromatic heterocycles. The van der Waals surface area contributed by atoms with E-state index in [1.807, 2.05) is 31.4 Å². The first kappa shape index (κ1) is 15.7. The number of carbonyl (C=O) groups excluding carboxylic acids is 1. The average Bonchev–Trinajstić information content (AvgIpc) is 2.92. The summed E-state index contributed by atoms with van der Waals surface area (Å²) in [7, 11) is 0. The molecule has 0 aliphatic rings. The van der Waals surface area contributed by atoms with Crippen molar-refractivity contribution in [3.8, 4) is 6.07 Å². The summed E-state index contributed by atoms with van der Waals surface area (Å²) in [6.07, 6.45) is 1.09. The molecule has 1 heterocycles. The van der Waals surface area contributed by atoms with Gasteiger partial charge in [-0.25, -0.2) is 0 Å². The maximum Gasteiger partial charge on any atom is 0.240 e. The number of hydrogen-bond acceptors (Lipinski definition) is 3. The van der Waals surface area contributed by atoms with Crippen LogP contribution < -0.4 is 5.32 Å². The van der Waals surface area contributed by atoms with Crippen molar-refractivity contribution < 1.29 is 4.79 Å². The molecular weight excluding hydrogens is 256 g/mol. The van der Waals surface area contributed by atoms with Crippen LogP contribution in [0, 0.1) is 22.7 Å². The molecule has 0 aliphatic carbocycles. The van der Waals surface area contributed by atoms with E-state index in [4.69, 9.17) is 0 Å². The average molecular weight is 278 g/mol. The van der Waals surface area contributed by atoms with Crippen LogP contribution in [0.4, 0.5) is 0 Å². The normalized spacial score (nSPS) is 13.1. The van der Waals surface area contributed by atoms with E-state index in [9.17, 15) is 10.1 Å². The second kappa shape index (κ2) is 6.72. The summed E-state index contributed by atoms with van der Waals surface area (Å²) in [5.41, 5.74) is -0.898. The van der Waals surface area contributed by atoms with Crippen molar-refractivity contribution >= 4 is 17.2 Å². The Labute approximate surface area is 119 Å². The molecule has 1 atom stereocenters. The third-order valence-corrected chi connectivity index (χ3v) is 4.61. The summed E-state index contributed by atoms with van der Waals surface area (Å²) >= 11 is 1.64. The van der Waals surface area contributed by atoms with Crippen LogP contribution in [0.3, 0.4) is 0 Å². The van der Waals surface area contributed by atoms with Gasteiger partial charge in [0, 0.05) is 4.88 Å². The molecule has 0 aromatic carbocycles. The van der Waals surface area contributed by atoms with Gasteiger partial charge in [0.15, 0.2) is 0 Å². The lowest BCUT2D eigenvalue weighted by atomic mass is 9.82. The van der Waals surface area contributed by atoms with Crippen molar-refractivity contribution in [3.05, 3.63) is 22.4 Å². The fourth-order valence-corrected chi connectivity index (χ4v) is 3.04. The van der Waals surface area contributed by atoms with E-state index >= 15 is 0 Å². The van der Waals surface area contributed by atoms with E-state index in [2.05, 4.69) is 25.2 Å². The summed E-state index contributed by atoms with van der Waals surface area (Å²) in [4.78, 5) is 13.6. The highest BCUT2D eigenvalue weighted by Gasteiger charge is 2.36. The van der Waals surface area contributed by atoms with E-state index in [-0.39, 0.29) is 11.9 Å². The van der Waals surface area contributed by atoms with E-state index < -0.39 is 5.41 Å². The molecular formula is C15H22N2OS. The van der Waals surface area contributed by atoms with Gasteiger partial charge >= 0.3 is 0 Å². The molecule has 1 N–H and O–H groups in total. The molecule has 3 nitrogen and oxygen atoms in total. The molecule has 0 saturated heterocycles. The van der Waals surface area contributed by atoms with Gasteiger partial charge in [-0.15, -0.1) is 11.3 Å². The number of thiophene rings is 1. The molecule has 0 saturated carbocycles. The Morgan fingerprint density at radius 1 is 1.47 bits per heavy atom. The molecule has 1 unspecified atom stereocenters. The van der Waals surface area contributed by atoms with Crippen molar-refractivity contribution in [2.45, 2.75) is 46.6 Å². The minimum absolute atomic E-state index is 0.0154. The summed E-state index contributed by atoms with van der Waals surface area (Å²) in [5, 5.41) is 14.4. The smallest absolute Gasteiger partial charge is 0.240 e. The minimum atomic E-state index is -0.898. The highest BCUT2D eigenvalue weighted by Crippen LogP contribution is 2.30. The molecule has 0 radical (unpaired) electrons. The van der Waals surface area contributed by atoms with E-state index in [1.165, 1.54) is 0 Å². The molecule has 1 rings (SSSR count). The highest BCUT2D eigenvalue weighted by atomic mass is 32.1. The minimum Gasteiger partial charge on any atom is -0.347 e. The predicted octanol–water partition coefficient (Wildman–Crippen LogP) is 3.89. The second-order valence-electron chi connectivity index (χ2n) is 5.11. The van der Waals surface area contributed by atoms with Gasteiger partial charge in [0.1, 0.15) is 5.41 Å². The lowest BCUT2D eigenvalue weighted by Gasteiger charge is -2.28. The highest BCUT2D eigenvalue weighted by molar-refractivity contribution is 7.10. The Hall–Kier alpha value is -1.34. The van der Waals surface area contributed by atoms with Crippen LogP contribution in [0.25, 0.3) is 0 Å². The number of carbonyl (C=O) groups is 1. The van der Waals surface area contributed by atoms with Gasteiger partial charge in [-0.1, -0.05) is 33.8 Å². The summed E-state index contributed by atoms with van der Waals surface area (Å²) in [6, 6.07) is 6.19. The summed E-state index contributed by atoms with van der Waals surface area (Å²) < 4.78 is 0. The van der Waals surface area contributed by atoms with Crippen LogP contribution in [0.2, 0.25) is 0 Å². The Bertz CT molecular complexity index is 441. The number of nitriles is 1. The number of rotatable bonds is 6. The van der Waals surface area contributed by atoms with E-state index in [0.29, 0.717) is 18.8 Å². The van der Waals surface area contributed by atoms with Crippen LogP contribution >= 0.6 is 11.3 Å². The van der Waals surface area contributed by atoms with E-state index in [1.54, 1.807) is 11.3 Å². The molecule has 1 aromatic rings. The zero-order chi connectivity index (χ0) is 14.5. The Morgan fingerprint density at radius 3 is 2.47 bits per heavy atom. The molecule has 1 amide bonds. The fraction of sp³-hybridized carbons (Fsp3) is 0.600.